The normalized spacial score (nSPS) is 10.2. The highest BCUT2D eigenvalue weighted by Gasteiger charge is 2.06. The van der Waals surface area contributed by atoms with Crippen molar-refractivity contribution >= 4 is 11.6 Å². The van der Waals surface area contributed by atoms with Gasteiger partial charge in [-0.1, -0.05) is 17.3 Å². The summed E-state index contributed by atoms with van der Waals surface area (Å²) in [5.41, 5.74) is 6.20. The molecule has 3 N–H and O–H groups in total. The van der Waals surface area contributed by atoms with Gasteiger partial charge in [0.2, 0.25) is 5.89 Å². The second-order valence-corrected chi connectivity index (χ2v) is 4.16. The van der Waals surface area contributed by atoms with Crippen LogP contribution < -0.4 is 15.8 Å². The highest BCUT2D eigenvalue weighted by Crippen LogP contribution is 2.19. The Balaban J connectivity index is 1.69. The van der Waals surface area contributed by atoms with E-state index in [4.69, 9.17) is 15.0 Å². The molecule has 1 aromatic heterocycles. The van der Waals surface area contributed by atoms with E-state index < -0.39 is 0 Å². The summed E-state index contributed by atoms with van der Waals surface area (Å²) in [6, 6.07) is 7.02. The van der Waals surface area contributed by atoms with E-state index in [2.05, 4.69) is 15.5 Å². The van der Waals surface area contributed by atoms with E-state index in [0.717, 1.165) is 0 Å². The van der Waals surface area contributed by atoms with Gasteiger partial charge in [0.25, 0.3) is 5.91 Å². The van der Waals surface area contributed by atoms with Crippen molar-refractivity contribution < 1.29 is 14.1 Å². The molecule has 0 unspecified atom stereocenters. The zero-order chi connectivity index (χ0) is 14.4. The van der Waals surface area contributed by atoms with E-state index in [0.29, 0.717) is 36.1 Å². The quantitative estimate of drug-likeness (QED) is 0.753. The Morgan fingerprint density at radius 1 is 1.45 bits per heavy atom. The number of nitrogen functional groups attached to an aromatic ring is 1. The Kier molecular flexibility index (Phi) is 4.54. The first-order chi connectivity index (χ1) is 9.65. The van der Waals surface area contributed by atoms with E-state index in [1.54, 1.807) is 31.2 Å². The lowest BCUT2D eigenvalue weighted by molar-refractivity contribution is -0.123. The van der Waals surface area contributed by atoms with E-state index in [1.165, 1.54) is 0 Å². The van der Waals surface area contributed by atoms with E-state index in [-0.39, 0.29) is 12.5 Å². The summed E-state index contributed by atoms with van der Waals surface area (Å²) in [6.45, 7) is 2.05. The molecule has 0 spiro atoms. The number of carbonyl (C=O) groups is 1. The molecule has 0 radical (unpaired) electrons. The van der Waals surface area contributed by atoms with E-state index in [9.17, 15) is 4.79 Å². The van der Waals surface area contributed by atoms with Crippen LogP contribution in [0.3, 0.4) is 0 Å². The molecule has 2 rings (SSSR count). The SMILES string of the molecule is Cc1nc(CCNC(=O)COc2ccccc2N)no1. The number of para-hydroxylation sites is 2. The van der Waals surface area contributed by atoms with Crippen molar-refractivity contribution in [3.63, 3.8) is 0 Å². The first kappa shape index (κ1) is 13.9. The molecular weight excluding hydrogens is 260 g/mol. The Labute approximate surface area is 116 Å². The van der Waals surface area contributed by atoms with Gasteiger partial charge in [-0.2, -0.15) is 4.98 Å². The summed E-state index contributed by atoms with van der Waals surface area (Å²) >= 11 is 0. The molecule has 7 nitrogen and oxygen atoms in total. The lowest BCUT2D eigenvalue weighted by Crippen LogP contribution is -2.30. The monoisotopic (exact) mass is 276 g/mol. The largest absolute Gasteiger partial charge is 0.482 e. The zero-order valence-corrected chi connectivity index (χ0v) is 11.1. The predicted molar refractivity (Wildman–Crippen MR) is 72.1 cm³/mol. The highest BCUT2D eigenvalue weighted by atomic mass is 16.5. The second kappa shape index (κ2) is 6.55. The number of nitrogens with two attached hydrogens (primary N) is 1. The third-order valence-corrected chi connectivity index (χ3v) is 2.52. The maximum absolute atomic E-state index is 11.6. The van der Waals surface area contributed by atoms with Gasteiger partial charge in [0.1, 0.15) is 5.75 Å². The molecule has 0 aliphatic heterocycles. The van der Waals surface area contributed by atoms with Crippen LogP contribution in [-0.4, -0.2) is 29.2 Å². The number of aromatic nitrogens is 2. The number of anilines is 1. The first-order valence-corrected chi connectivity index (χ1v) is 6.18. The van der Waals surface area contributed by atoms with Gasteiger partial charge in [-0.3, -0.25) is 4.79 Å². The van der Waals surface area contributed by atoms with Gasteiger partial charge in [-0.25, -0.2) is 0 Å². The number of hydrogen-bond acceptors (Lipinski definition) is 6. The topological polar surface area (TPSA) is 103 Å². The van der Waals surface area contributed by atoms with Crippen LogP contribution in [0.25, 0.3) is 0 Å². The van der Waals surface area contributed by atoms with Crippen molar-refractivity contribution in [2.24, 2.45) is 0 Å². The summed E-state index contributed by atoms with van der Waals surface area (Å²) in [5.74, 6) is 1.34. The van der Waals surface area contributed by atoms with Gasteiger partial charge in [0.15, 0.2) is 12.4 Å². The van der Waals surface area contributed by atoms with Crippen LogP contribution in [-0.2, 0) is 11.2 Å². The summed E-state index contributed by atoms with van der Waals surface area (Å²) in [7, 11) is 0. The minimum absolute atomic E-state index is 0.0838. The van der Waals surface area contributed by atoms with Crippen LogP contribution in [0.1, 0.15) is 11.7 Å². The number of carbonyl (C=O) groups excluding carboxylic acids is 1. The number of nitrogens with zero attached hydrogens (tertiary/aromatic N) is 2. The van der Waals surface area contributed by atoms with E-state index in [1.807, 2.05) is 0 Å². The fourth-order valence-corrected chi connectivity index (χ4v) is 1.56. The number of rotatable bonds is 6. The van der Waals surface area contributed by atoms with E-state index >= 15 is 0 Å². The maximum atomic E-state index is 11.6. The molecule has 20 heavy (non-hydrogen) atoms. The van der Waals surface area contributed by atoms with Gasteiger partial charge in [0.05, 0.1) is 5.69 Å². The molecule has 7 heteroatoms. The summed E-state index contributed by atoms with van der Waals surface area (Å²) in [5, 5.41) is 6.44. The number of ether oxygens (including phenoxy) is 1. The summed E-state index contributed by atoms with van der Waals surface area (Å²) in [4.78, 5) is 15.6. The molecule has 0 saturated heterocycles. The van der Waals surface area contributed by atoms with Crippen LogP contribution in [0, 0.1) is 6.92 Å². The van der Waals surface area contributed by atoms with Crippen LogP contribution in [0.2, 0.25) is 0 Å². The molecule has 0 atom stereocenters. The fraction of sp³-hybridized carbons (Fsp3) is 0.308. The smallest absolute Gasteiger partial charge is 0.257 e. The Morgan fingerprint density at radius 2 is 2.25 bits per heavy atom. The van der Waals surface area contributed by atoms with Crippen LogP contribution in [0.5, 0.6) is 5.75 Å². The molecule has 1 amide bonds. The molecule has 106 valence electrons. The van der Waals surface area contributed by atoms with Crippen LogP contribution >= 0.6 is 0 Å². The zero-order valence-electron chi connectivity index (χ0n) is 11.1. The summed E-state index contributed by atoms with van der Waals surface area (Å²) in [6.07, 6.45) is 0.510. The Hall–Kier alpha value is -2.57. The van der Waals surface area contributed by atoms with Crippen LogP contribution in [0.4, 0.5) is 5.69 Å². The number of aryl methyl sites for hydroxylation is 1. The molecule has 0 fully saturated rings. The average molecular weight is 276 g/mol. The number of benzene rings is 1. The van der Waals surface area contributed by atoms with Crippen molar-refractivity contribution in [2.45, 2.75) is 13.3 Å². The molecule has 0 saturated carbocycles. The highest BCUT2D eigenvalue weighted by molar-refractivity contribution is 5.77. The van der Waals surface area contributed by atoms with Gasteiger partial charge >= 0.3 is 0 Å². The summed E-state index contributed by atoms with van der Waals surface area (Å²) < 4.78 is 10.1. The molecule has 2 aromatic rings. The number of amides is 1. The predicted octanol–water partition coefficient (Wildman–Crippen LogP) is 0.698. The standard InChI is InChI=1S/C13H16N4O3/c1-9-16-12(17-20-9)6-7-15-13(18)8-19-11-5-3-2-4-10(11)14/h2-5H,6-8,14H2,1H3,(H,15,18). The van der Waals surface area contributed by atoms with Crippen molar-refractivity contribution in [2.75, 3.05) is 18.9 Å². The van der Waals surface area contributed by atoms with Gasteiger partial charge in [-0.15, -0.1) is 0 Å². The molecule has 1 heterocycles. The van der Waals surface area contributed by atoms with Crippen molar-refractivity contribution in [3.8, 4) is 5.75 Å². The minimum Gasteiger partial charge on any atom is -0.482 e. The molecular formula is C13H16N4O3. The third-order valence-electron chi connectivity index (χ3n) is 2.52. The third kappa shape index (κ3) is 3.98. The Bertz CT molecular complexity index is 583. The molecule has 0 aliphatic rings. The minimum atomic E-state index is -0.228. The first-order valence-electron chi connectivity index (χ1n) is 6.18. The second-order valence-electron chi connectivity index (χ2n) is 4.16. The lowest BCUT2D eigenvalue weighted by atomic mass is 10.3. The molecule has 0 bridgehead atoms. The molecule has 0 aliphatic carbocycles. The number of nitrogens with one attached hydrogen (secondary N) is 1. The fourth-order valence-electron chi connectivity index (χ4n) is 1.56. The van der Waals surface area contributed by atoms with Crippen molar-refractivity contribution in [1.29, 1.82) is 0 Å². The Morgan fingerprint density at radius 3 is 2.95 bits per heavy atom. The van der Waals surface area contributed by atoms with Gasteiger partial charge in [-0.05, 0) is 12.1 Å². The van der Waals surface area contributed by atoms with Gasteiger partial charge < -0.3 is 20.3 Å². The average Bonchev–Trinajstić information content (AvgIpc) is 2.83. The number of hydrogen-bond donors (Lipinski definition) is 2. The van der Waals surface area contributed by atoms with Crippen molar-refractivity contribution in [3.05, 3.63) is 36.0 Å². The van der Waals surface area contributed by atoms with Gasteiger partial charge in [0, 0.05) is 19.9 Å². The van der Waals surface area contributed by atoms with Crippen LogP contribution in [0.15, 0.2) is 28.8 Å². The van der Waals surface area contributed by atoms with Crippen molar-refractivity contribution in [1.82, 2.24) is 15.5 Å². The maximum Gasteiger partial charge on any atom is 0.257 e. The lowest BCUT2D eigenvalue weighted by Gasteiger charge is -2.08. The molecule has 1 aromatic carbocycles.